The zero-order valence-electron chi connectivity index (χ0n) is 13.8. The van der Waals surface area contributed by atoms with E-state index >= 15 is 0 Å². The number of hydrogen-bond acceptors (Lipinski definition) is 4. The third kappa shape index (κ3) is 4.27. The van der Waals surface area contributed by atoms with Crippen LogP contribution in [0, 0.1) is 5.92 Å². The molecule has 1 aromatic heterocycles. The molecule has 0 radical (unpaired) electrons. The molecule has 0 aromatic carbocycles. The monoisotopic (exact) mass is 305 g/mol. The van der Waals surface area contributed by atoms with Crippen LogP contribution in [0.2, 0.25) is 0 Å². The summed E-state index contributed by atoms with van der Waals surface area (Å²) in [7, 11) is 1.95. The third-order valence-corrected chi connectivity index (χ3v) is 4.63. The van der Waals surface area contributed by atoms with Gasteiger partial charge in [0, 0.05) is 37.9 Å². The van der Waals surface area contributed by atoms with Crippen molar-refractivity contribution in [2.75, 3.05) is 26.7 Å². The smallest absolute Gasteiger partial charge is 0.236 e. The Kier molecular flexibility index (Phi) is 5.53. The second-order valence-electron chi connectivity index (χ2n) is 6.59. The number of amides is 1. The fourth-order valence-corrected chi connectivity index (χ4v) is 3.10. The van der Waals surface area contributed by atoms with E-state index in [4.69, 9.17) is 0 Å². The van der Waals surface area contributed by atoms with Crippen molar-refractivity contribution in [3.63, 3.8) is 0 Å². The Hall–Kier alpha value is -1.46. The number of carbonyl (C=O) groups excluding carboxylic acids is 1. The molecule has 1 fully saturated rings. The largest absolute Gasteiger partial charge is 0.390 e. The number of aliphatic hydroxyl groups is 1. The van der Waals surface area contributed by atoms with Gasteiger partial charge in [-0.3, -0.25) is 14.7 Å². The normalized spacial score (nSPS) is 25.5. The molecule has 22 heavy (non-hydrogen) atoms. The van der Waals surface area contributed by atoms with Gasteiger partial charge in [0.15, 0.2) is 0 Å². The molecule has 0 spiro atoms. The zero-order chi connectivity index (χ0) is 16.2. The van der Waals surface area contributed by atoms with Gasteiger partial charge in [0.1, 0.15) is 0 Å². The van der Waals surface area contributed by atoms with Crippen molar-refractivity contribution < 1.29 is 9.90 Å². The topological polar surface area (TPSA) is 56.7 Å². The molecule has 5 heteroatoms. The van der Waals surface area contributed by atoms with E-state index in [-0.39, 0.29) is 11.8 Å². The number of piperidine rings is 1. The summed E-state index contributed by atoms with van der Waals surface area (Å²) in [6, 6.07) is 3.92. The first-order chi connectivity index (χ1) is 10.4. The molecule has 2 atom stereocenters. The van der Waals surface area contributed by atoms with Gasteiger partial charge in [-0.25, -0.2) is 0 Å². The average molecular weight is 305 g/mol. The van der Waals surface area contributed by atoms with Gasteiger partial charge in [0.25, 0.3) is 0 Å². The number of nitrogens with zero attached hydrogens (tertiary/aromatic N) is 3. The Morgan fingerprint density at radius 1 is 1.59 bits per heavy atom. The second kappa shape index (κ2) is 7.20. The van der Waals surface area contributed by atoms with E-state index in [2.05, 4.69) is 11.9 Å². The third-order valence-electron chi connectivity index (χ3n) is 4.63. The molecule has 122 valence electrons. The molecular weight excluding hydrogens is 278 g/mol. The van der Waals surface area contributed by atoms with Crippen molar-refractivity contribution in [2.45, 2.75) is 38.8 Å². The van der Waals surface area contributed by atoms with Gasteiger partial charge in [0.2, 0.25) is 5.91 Å². The minimum Gasteiger partial charge on any atom is -0.390 e. The number of rotatable bonds is 5. The standard InChI is InChI=1S/C17H27N3O2/c1-4-15-12-20(9-7-17(15,2)22)16(21)13-19(3)11-14-6-5-8-18-10-14/h5-6,8,10,15,22H,4,7,9,11-13H2,1-3H3/t15-,17+/m0/s1. The summed E-state index contributed by atoms with van der Waals surface area (Å²) in [6.45, 7) is 6.36. The van der Waals surface area contributed by atoms with Crippen molar-refractivity contribution in [1.29, 1.82) is 0 Å². The predicted octanol–water partition coefficient (Wildman–Crippen LogP) is 1.52. The number of aromatic nitrogens is 1. The predicted molar refractivity (Wildman–Crippen MR) is 86.2 cm³/mol. The van der Waals surface area contributed by atoms with Crippen LogP contribution in [0.1, 0.15) is 32.3 Å². The second-order valence-corrected chi connectivity index (χ2v) is 6.59. The molecule has 1 N–H and O–H groups in total. The van der Waals surface area contributed by atoms with Crippen LogP contribution in [-0.2, 0) is 11.3 Å². The first-order valence-electron chi connectivity index (χ1n) is 8.00. The molecule has 1 aliphatic rings. The van der Waals surface area contributed by atoms with E-state index in [1.165, 1.54) is 0 Å². The van der Waals surface area contributed by atoms with Crippen molar-refractivity contribution >= 4 is 5.91 Å². The lowest BCUT2D eigenvalue weighted by Crippen LogP contribution is -2.53. The molecule has 1 saturated heterocycles. The van der Waals surface area contributed by atoms with Crippen LogP contribution >= 0.6 is 0 Å². The van der Waals surface area contributed by atoms with Gasteiger partial charge in [0.05, 0.1) is 12.1 Å². The Morgan fingerprint density at radius 2 is 2.36 bits per heavy atom. The Morgan fingerprint density at radius 3 is 3.00 bits per heavy atom. The zero-order valence-corrected chi connectivity index (χ0v) is 13.8. The van der Waals surface area contributed by atoms with Gasteiger partial charge < -0.3 is 10.0 Å². The van der Waals surface area contributed by atoms with Crippen molar-refractivity contribution in [2.24, 2.45) is 5.92 Å². The lowest BCUT2D eigenvalue weighted by molar-refractivity contribution is -0.139. The van der Waals surface area contributed by atoms with Crippen LogP contribution in [0.25, 0.3) is 0 Å². The van der Waals surface area contributed by atoms with Crippen molar-refractivity contribution in [3.8, 4) is 0 Å². The molecule has 5 nitrogen and oxygen atoms in total. The molecule has 0 aliphatic carbocycles. The molecule has 1 aliphatic heterocycles. The van der Waals surface area contributed by atoms with Crippen LogP contribution < -0.4 is 0 Å². The summed E-state index contributed by atoms with van der Waals surface area (Å²) in [5.41, 5.74) is 0.457. The number of carbonyl (C=O) groups is 1. The quantitative estimate of drug-likeness (QED) is 0.896. The molecule has 0 bridgehead atoms. The summed E-state index contributed by atoms with van der Waals surface area (Å²) < 4.78 is 0. The highest BCUT2D eigenvalue weighted by Gasteiger charge is 2.37. The van der Waals surface area contributed by atoms with E-state index in [1.807, 2.05) is 42.1 Å². The summed E-state index contributed by atoms with van der Waals surface area (Å²) in [5, 5.41) is 10.4. The fourth-order valence-electron chi connectivity index (χ4n) is 3.10. The van der Waals surface area contributed by atoms with Crippen LogP contribution in [0.5, 0.6) is 0 Å². The Balaban J connectivity index is 1.87. The van der Waals surface area contributed by atoms with Gasteiger partial charge >= 0.3 is 0 Å². The number of pyridine rings is 1. The van der Waals surface area contributed by atoms with E-state index < -0.39 is 5.60 Å². The highest BCUT2D eigenvalue weighted by molar-refractivity contribution is 5.78. The van der Waals surface area contributed by atoms with E-state index in [9.17, 15) is 9.90 Å². The molecule has 2 heterocycles. The van der Waals surface area contributed by atoms with Crippen LogP contribution in [0.15, 0.2) is 24.5 Å². The van der Waals surface area contributed by atoms with Crippen LogP contribution in [0.3, 0.4) is 0 Å². The fraction of sp³-hybridized carbons (Fsp3) is 0.647. The molecule has 0 saturated carbocycles. The van der Waals surface area contributed by atoms with Crippen molar-refractivity contribution in [3.05, 3.63) is 30.1 Å². The highest BCUT2D eigenvalue weighted by atomic mass is 16.3. The molecule has 1 amide bonds. The van der Waals surface area contributed by atoms with Gasteiger partial charge in [-0.05, 0) is 38.4 Å². The van der Waals surface area contributed by atoms with Crippen LogP contribution in [0.4, 0.5) is 0 Å². The van der Waals surface area contributed by atoms with Crippen LogP contribution in [-0.4, -0.2) is 58.1 Å². The minimum atomic E-state index is -0.646. The molecular formula is C17H27N3O2. The molecule has 2 rings (SSSR count). The summed E-state index contributed by atoms with van der Waals surface area (Å²) in [5.74, 6) is 0.300. The van der Waals surface area contributed by atoms with E-state index in [0.717, 1.165) is 12.0 Å². The van der Waals surface area contributed by atoms with Crippen molar-refractivity contribution in [1.82, 2.24) is 14.8 Å². The average Bonchev–Trinajstić information content (AvgIpc) is 2.47. The first-order valence-corrected chi connectivity index (χ1v) is 8.00. The maximum absolute atomic E-state index is 12.5. The maximum atomic E-state index is 12.5. The summed E-state index contributed by atoms with van der Waals surface area (Å²) in [6.07, 6.45) is 5.12. The van der Waals surface area contributed by atoms with Gasteiger partial charge in [-0.1, -0.05) is 13.0 Å². The lowest BCUT2D eigenvalue weighted by Gasteiger charge is -2.42. The Labute approximate surface area is 132 Å². The Bertz CT molecular complexity index is 490. The lowest BCUT2D eigenvalue weighted by atomic mass is 9.81. The van der Waals surface area contributed by atoms with Gasteiger partial charge in [-0.15, -0.1) is 0 Å². The minimum absolute atomic E-state index is 0.139. The van der Waals surface area contributed by atoms with Gasteiger partial charge in [-0.2, -0.15) is 0 Å². The van der Waals surface area contributed by atoms with E-state index in [1.54, 1.807) is 6.20 Å². The summed E-state index contributed by atoms with van der Waals surface area (Å²) >= 11 is 0. The number of likely N-dealkylation sites (N-methyl/N-ethyl adjacent to an activating group) is 1. The maximum Gasteiger partial charge on any atom is 0.236 e. The first kappa shape index (κ1) is 16.9. The summed E-state index contributed by atoms with van der Waals surface area (Å²) in [4.78, 5) is 20.5. The number of hydrogen-bond donors (Lipinski definition) is 1. The number of likely N-dealkylation sites (tertiary alicyclic amines) is 1. The molecule has 1 aromatic rings. The highest BCUT2D eigenvalue weighted by Crippen LogP contribution is 2.29. The van der Waals surface area contributed by atoms with E-state index in [0.29, 0.717) is 32.6 Å². The SMILES string of the molecule is CC[C@H]1CN(C(=O)CN(C)Cc2cccnc2)CC[C@@]1(C)O. The molecule has 0 unspecified atom stereocenters.